The van der Waals surface area contributed by atoms with Crippen LogP contribution in [0.15, 0.2) is 24.3 Å². The van der Waals surface area contributed by atoms with Crippen molar-refractivity contribution in [2.24, 2.45) is 0 Å². The molecule has 2 nitrogen and oxygen atoms in total. The van der Waals surface area contributed by atoms with E-state index in [9.17, 15) is 18.3 Å². The van der Waals surface area contributed by atoms with Gasteiger partial charge in [0.1, 0.15) is 0 Å². The van der Waals surface area contributed by atoms with Crippen LogP contribution in [-0.2, 0) is 6.42 Å². The lowest BCUT2D eigenvalue weighted by atomic mass is 9.96. The first kappa shape index (κ1) is 15.8. The second kappa shape index (κ2) is 5.82. The fourth-order valence-corrected chi connectivity index (χ4v) is 1.91. The Hall–Kier alpha value is -1.23. The first-order valence-corrected chi connectivity index (χ1v) is 6.34. The quantitative estimate of drug-likeness (QED) is 0.890. The molecule has 0 fully saturated rings. The Labute approximate surface area is 111 Å². The van der Waals surface area contributed by atoms with Gasteiger partial charge in [-0.2, -0.15) is 13.2 Å². The molecule has 0 saturated carbocycles. The summed E-state index contributed by atoms with van der Waals surface area (Å²) in [6.45, 7) is 6.52. The molecule has 108 valence electrons. The lowest BCUT2D eigenvalue weighted by Gasteiger charge is -2.26. The third-order valence-electron chi connectivity index (χ3n) is 3.22. The van der Waals surface area contributed by atoms with Crippen LogP contribution in [-0.4, -0.2) is 30.0 Å². The van der Waals surface area contributed by atoms with E-state index in [4.69, 9.17) is 0 Å². The number of benzene rings is 1. The minimum atomic E-state index is -4.62. The van der Waals surface area contributed by atoms with Crippen LogP contribution in [0.1, 0.15) is 26.3 Å². The van der Waals surface area contributed by atoms with Crippen molar-refractivity contribution in [3.63, 3.8) is 0 Å². The molecule has 0 saturated heterocycles. The summed E-state index contributed by atoms with van der Waals surface area (Å²) >= 11 is 0. The fourth-order valence-electron chi connectivity index (χ4n) is 1.91. The SMILES string of the molecule is CCN(CC)c1ccc(CC(C)(O)C(F)(F)F)cc1. The van der Waals surface area contributed by atoms with Crippen molar-refractivity contribution in [1.29, 1.82) is 0 Å². The summed E-state index contributed by atoms with van der Waals surface area (Å²) in [5.74, 6) is 0. The Morgan fingerprint density at radius 1 is 1.05 bits per heavy atom. The van der Waals surface area contributed by atoms with Gasteiger partial charge in [0.2, 0.25) is 0 Å². The maximum Gasteiger partial charge on any atom is 0.417 e. The van der Waals surface area contributed by atoms with Crippen LogP contribution in [0.5, 0.6) is 0 Å². The first-order chi connectivity index (χ1) is 8.71. The minimum absolute atomic E-state index is 0.435. The van der Waals surface area contributed by atoms with Crippen LogP contribution in [0, 0.1) is 0 Å². The predicted molar refractivity (Wildman–Crippen MR) is 70.4 cm³/mol. The summed E-state index contributed by atoms with van der Waals surface area (Å²) in [7, 11) is 0. The van der Waals surface area contributed by atoms with E-state index >= 15 is 0 Å². The molecule has 5 heteroatoms. The smallest absolute Gasteiger partial charge is 0.380 e. The average Bonchev–Trinajstić information content (AvgIpc) is 2.31. The van der Waals surface area contributed by atoms with Crippen molar-refractivity contribution in [1.82, 2.24) is 0 Å². The number of halogens is 3. The number of anilines is 1. The lowest BCUT2D eigenvalue weighted by molar-refractivity contribution is -0.252. The van der Waals surface area contributed by atoms with Gasteiger partial charge in [0.05, 0.1) is 0 Å². The Balaban J connectivity index is 2.83. The number of hydrogen-bond donors (Lipinski definition) is 1. The molecule has 1 N–H and O–H groups in total. The standard InChI is InChI=1S/C14H20F3NO/c1-4-18(5-2)12-8-6-11(7-9-12)10-13(3,19)14(15,16)17/h6-9,19H,4-5,10H2,1-3H3. The fraction of sp³-hybridized carbons (Fsp3) is 0.571. The predicted octanol–water partition coefficient (Wildman–Crippen LogP) is 3.39. The van der Waals surface area contributed by atoms with Gasteiger partial charge in [-0.3, -0.25) is 0 Å². The Kier molecular flexibility index (Phi) is 4.85. The summed E-state index contributed by atoms with van der Waals surface area (Å²) in [5.41, 5.74) is -1.25. The number of rotatable bonds is 5. The molecule has 0 aliphatic carbocycles. The number of alkyl halides is 3. The maximum atomic E-state index is 12.6. The highest BCUT2D eigenvalue weighted by Crippen LogP contribution is 2.33. The van der Waals surface area contributed by atoms with Crippen molar-refractivity contribution in [2.75, 3.05) is 18.0 Å². The van der Waals surface area contributed by atoms with Gasteiger partial charge in [-0.05, 0) is 38.5 Å². The molecule has 0 aliphatic heterocycles. The molecule has 0 spiro atoms. The second-order valence-corrected chi connectivity index (χ2v) is 4.79. The average molecular weight is 275 g/mol. The van der Waals surface area contributed by atoms with E-state index in [2.05, 4.69) is 4.90 Å². The molecule has 0 aromatic heterocycles. The maximum absolute atomic E-state index is 12.6. The summed E-state index contributed by atoms with van der Waals surface area (Å²) < 4.78 is 37.7. The molecule has 0 amide bonds. The molecule has 1 rings (SSSR count). The third-order valence-corrected chi connectivity index (χ3v) is 3.22. The molecule has 0 aliphatic rings. The zero-order valence-corrected chi connectivity index (χ0v) is 11.5. The Bertz CT molecular complexity index is 394. The van der Waals surface area contributed by atoms with Crippen molar-refractivity contribution in [2.45, 2.75) is 39.0 Å². The summed E-state index contributed by atoms with van der Waals surface area (Å²) in [5, 5.41) is 9.44. The van der Waals surface area contributed by atoms with E-state index in [0.29, 0.717) is 5.56 Å². The first-order valence-electron chi connectivity index (χ1n) is 6.34. The number of nitrogens with zero attached hydrogens (tertiary/aromatic N) is 1. The van der Waals surface area contributed by atoms with E-state index in [1.54, 1.807) is 24.3 Å². The summed E-state index contributed by atoms with van der Waals surface area (Å²) in [6, 6.07) is 6.84. The molecular weight excluding hydrogens is 255 g/mol. The molecule has 1 unspecified atom stereocenters. The van der Waals surface area contributed by atoms with Gasteiger partial charge in [-0.25, -0.2) is 0 Å². The highest BCUT2D eigenvalue weighted by molar-refractivity contribution is 5.47. The normalized spacial score (nSPS) is 15.1. The van der Waals surface area contributed by atoms with Crippen molar-refractivity contribution in [3.05, 3.63) is 29.8 Å². The lowest BCUT2D eigenvalue weighted by Crippen LogP contribution is -2.44. The molecular formula is C14H20F3NO. The molecule has 19 heavy (non-hydrogen) atoms. The molecule has 1 aromatic carbocycles. The van der Waals surface area contributed by atoms with Gasteiger partial charge in [-0.15, -0.1) is 0 Å². The van der Waals surface area contributed by atoms with Crippen LogP contribution in [0.4, 0.5) is 18.9 Å². The second-order valence-electron chi connectivity index (χ2n) is 4.79. The number of hydrogen-bond acceptors (Lipinski definition) is 2. The highest BCUT2D eigenvalue weighted by Gasteiger charge is 2.49. The van der Waals surface area contributed by atoms with Crippen LogP contribution in [0.3, 0.4) is 0 Å². The zero-order chi connectivity index (χ0) is 14.7. The topological polar surface area (TPSA) is 23.5 Å². The van der Waals surface area contributed by atoms with Gasteiger partial charge in [0.25, 0.3) is 0 Å². The third kappa shape index (κ3) is 3.86. The van der Waals surface area contributed by atoms with E-state index < -0.39 is 18.2 Å². The summed E-state index contributed by atoms with van der Waals surface area (Å²) in [4.78, 5) is 2.10. The van der Waals surface area contributed by atoms with Crippen LogP contribution in [0.2, 0.25) is 0 Å². The molecule has 0 heterocycles. The van der Waals surface area contributed by atoms with Crippen molar-refractivity contribution >= 4 is 5.69 Å². The molecule has 1 aromatic rings. The van der Waals surface area contributed by atoms with Gasteiger partial charge < -0.3 is 10.0 Å². The highest BCUT2D eigenvalue weighted by atomic mass is 19.4. The van der Waals surface area contributed by atoms with Crippen molar-refractivity contribution < 1.29 is 18.3 Å². The van der Waals surface area contributed by atoms with E-state index in [1.165, 1.54) is 0 Å². The van der Waals surface area contributed by atoms with Crippen molar-refractivity contribution in [3.8, 4) is 0 Å². The summed E-state index contributed by atoms with van der Waals surface area (Å²) in [6.07, 6.45) is -5.06. The Morgan fingerprint density at radius 2 is 1.53 bits per heavy atom. The molecule has 0 radical (unpaired) electrons. The van der Waals surface area contributed by atoms with Gasteiger partial charge in [0, 0.05) is 25.2 Å². The molecule has 1 atom stereocenters. The van der Waals surface area contributed by atoms with E-state index in [1.807, 2.05) is 13.8 Å². The Morgan fingerprint density at radius 3 is 1.89 bits per heavy atom. The van der Waals surface area contributed by atoms with E-state index in [0.717, 1.165) is 25.7 Å². The zero-order valence-electron chi connectivity index (χ0n) is 11.5. The van der Waals surface area contributed by atoms with Crippen LogP contribution in [0.25, 0.3) is 0 Å². The van der Waals surface area contributed by atoms with Crippen LogP contribution < -0.4 is 4.90 Å². The largest absolute Gasteiger partial charge is 0.417 e. The van der Waals surface area contributed by atoms with Gasteiger partial charge in [-0.1, -0.05) is 12.1 Å². The van der Waals surface area contributed by atoms with Gasteiger partial charge in [0.15, 0.2) is 5.60 Å². The van der Waals surface area contributed by atoms with Gasteiger partial charge >= 0.3 is 6.18 Å². The minimum Gasteiger partial charge on any atom is -0.380 e. The molecule has 0 bridgehead atoms. The van der Waals surface area contributed by atoms with Crippen LogP contribution >= 0.6 is 0 Å². The number of aliphatic hydroxyl groups is 1. The monoisotopic (exact) mass is 275 g/mol. The van der Waals surface area contributed by atoms with E-state index in [-0.39, 0.29) is 0 Å².